The third-order valence-electron chi connectivity index (χ3n) is 5.20. The summed E-state index contributed by atoms with van der Waals surface area (Å²) in [7, 11) is 2.06. The Kier molecular flexibility index (Phi) is 8.53. The number of carboxylic acid groups (broad SMARTS) is 1. The van der Waals surface area contributed by atoms with Crippen LogP contribution in [0.3, 0.4) is 0 Å². The molecule has 36 heavy (non-hydrogen) atoms. The van der Waals surface area contributed by atoms with Crippen molar-refractivity contribution in [3.63, 3.8) is 0 Å². The van der Waals surface area contributed by atoms with Gasteiger partial charge in [-0.2, -0.15) is 18.2 Å². The highest BCUT2D eigenvalue weighted by Gasteiger charge is 2.38. The molecule has 11 nitrogen and oxygen atoms in total. The fourth-order valence-corrected chi connectivity index (χ4v) is 3.21. The molecule has 1 aliphatic heterocycles. The van der Waals surface area contributed by atoms with Gasteiger partial charge in [-0.15, -0.1) is 5.10 Å². The van der Waals surface area contributed by atoms with Crippen LogP contribution in [0.5, 0.6) is 0 Å². The lowest BCUT2D eigenvalue weighted by atomic mass is 10.1. The van der Waals surface area contributed by atoms with Crippen molar-refractivity contribution >= 4 is 23.6 Å². The minimum absolute atomic E-state index is 0.0558. The highest BCUT2D eigenvalue weighted by molar-refractivity contribution is 5.94. The highest BCUT2D eigenvalue weighted by atomic mass is 19.4. The average Bonchev–Trinajstić information content (AvgIpc) is 3.25. The first-order valence-electron chi connectivity index (χ1n) is 10.8. The van der Waals surface area contributed by atoms with E-state index >= 15 is 0 Å². The second kappa shape index (κ2) is 11.6. The minimum atomic E-state index is -5.08. The number of carboxylic acids is 1. The molecule has 2 aromatic heterocycles. The fourth-order valence-electron chi connectivity index (χ4n) is 3.21. The summed E-state index contributed by atoms with van der Waals surface area (Å²) >= 11 is 0. The molecule has 192 valence electrons. The Balaban J connectivity index is 0.000000454. The number of likely N-dealkylation sites (N-methyl/N-ethyl adjacent to an activating group) is 1. The van der Waals surface area contributed by atoms with E-state index in [0.29, 0.717) is 23.7 Å². The summed E-state index contributed by atoms with van der Waals surface area (Å²) in [6.45, 7) is 3.67. The van der Waals surface area contributed by atoms with Crippen LogP contribution < -0.4 is 5.32 Å². The van der Waals surface area contributed by atoms with E-state index in [2.05, 4.69) is 32.3 Å². The summed E-state index contributed by atoms with van der Waals surface area (Å²) in [6, 6.07) is 9.13. The van der Waals surface area contributed by atoms with Gasteiger partial charge in [-0.25, -0.2) is 14.3 Å². The second-order valence-electron chi connectivity index (χ2n) is 7.94. The average molecular weight is 507 g/mol. The maximum atomic E-state index is 12.6. The number of carbonyl (C=O) groups is 3. The molecule has 14 heteroatoms. The number of piperazine rings is 1. The van der Waals surface area contributed by atoms with Crippen molar-refractivity contribution in [3.05, 3.63) is 59.7 Å². The number of amides is 2. The fraction of sp³-hybridized carbons (Fsp3) is 0.364. The van der Waals surface area contributed by atoms with Crippen molar-refractivity contribution in [2.45, 2.75) is 19.1 Å². The monoisotopic (exact) mass is 507 g/mol. The Labute approximate surface area is 203 Å². The zero-order valence-corrected chi connectivity index (χ0v) is 19.3. The van der Waals surface area contributed by atoms with Gasteiger partial charge in [-0.3, -0.25) is 9.59 Å². The third kappa shape index (κ3) is 7.46. The number of rotatable bonds is 5. The van der Waals surface area contributed by atoms with E-state index in [1.807, 2.05) is 29.2 Å². The summed E-state index contributed by atoms with van der Waals surface area (Å²) < 4.78 is 33.3. The first-order chi connectivity index (χ1) is 17.0. The molecule has 4 rings (SSSR count). The van der Waals surface area contributed by atoms with E-state index in [1.165, 1.54) is 0 Å². The van der Waals surface area contributed by atoms with Crippen LogP contribution in [0.15, 0.2) is 42.7 Å². The summed E-state index contributed by atoms with van der Waals surface area (Å²) in [5.74, 6) is -1.98. The third-order valence-corrected chi connectivity index (χ3v) is 5.20. The Morgan fingerprint density at radius 3 is 2.31 bits per heavy atom. The number of aromatic nitrogens is 4. The van der Waals surface area contributed by atoms with Gasteiger partial charge in [-0.05, 0) is 30.8 Å². The van der Waals surface area contributed by atoms with Crippen molar-refractivity contribution < 1.29 is 32.7 Å². The first kappa shape index (κ1) is 26.5. The molecule has 2 amide bonds. The van der Waals surface area contributed by atoms with E-state index in [1.54, 1.807) is 23.0 Å². The Morgan fingerprint density at radius 2 is 1.72 bits per heavy atom. The van der Waals surface area contributed by atoms with Crippen LogP contribution in [-0.2, 0) is 22.6 Å². The van der Waals surface area contributed by atoms with Gasteiger partial charge in [0.15, 0.2) is 5.82 Å². The predicted molar refractivity (Wildman–Crippen MR) is 120 cm³/mol. The van der Waals surface area contributed by atoms with Gasteiger partial charge < -0.3 is 20.2 Å². The number of nitrogens with one attached hydrogen (secondary N) is 1. The summed E-state index contributed by atoms with van der Waals surface area (Å²) in [5, 5.41) is 14.2. The molecule has 1 saturated heterocycles. The van der Waals surface area contributed by atoms with Crippen LogP contribution in [0.1, 0.15) is 21.7 Å². The van der Waals surface area contributed by atoms with E-state index in [0.717, 1.165) is 31.7 Å². The molecule has 0 aliphatic carbocycles. The summed E-state index contributed by atoms with van der Waals surface area (Å²) in [5.41, 5.74) is 1.60. The number of hydrogen-bond acceptors (Lipinski definition) is 7. The molecule has 0 atom stereocenters. The molecule has 0 radical (unpaired) electrons. The van der Waals surface area contributed by atoms with Crippen molar-refractivity contribution in [2.24, 2.45) is 0 Å². The molecule has 1 aliphatic rings. The van der Waals surface area contributed by atoms with Gasteiger partial charge >= 0.3 is 12.1 Å². The number of halogens is 3. The Morgan fingerprint density at radius 1 is 1.08 bits per heavy atom. The van der Waals surface area contributed by atoms with Crippen molar-refractivity contribution in [2.75, 3.05) is 33.2 Å². The van der Waals surface area contributed by atoms with Crippen LogP contribution in [0.2, 0.25) is 0 Å². The summed E-state index contributed by atoms with van der Waals surface area (Å²) in [6.07, 6.45) is -1.63. The molecule has 0 unspecified atom stereocenters. The molecule has 1 aromatic carbocycles. The van der Waals surface area contributed by atoms with Gasteiger partial charge in [-0.1, -0.05) is 12.1 Å². The van der Waals surface area contributed by atoms with Crippen molar-refractivity contribution in [1.29, 1.82) is 0 Å². The van der Waals surface area contributed by atoms with Gasteiger partial charge in [0, 0.05) is 50.7 Å². The molecular formula is C22H24F3N7O4. The van der Waals surface area contributed by atoms with Crippen LogP contribution >= 0.6 is 0 Å². The molecule has 0 spiro atoms. The van der Waals surface area contributed by atoms with Crippen LogP contribution in [0.4, 0.5) is 13.2 Å². The number of alkyl halides is 3. The largest absolute Gasteiger partial charge is 0.490 e. The number of fused-ring (bicyclic) bond motifs is 1. The predicted octanol–water partition coefficient (Wildman–Crippen LogP) is 1.00. The van der Waals surface area contributed by atoms with Crippen molar-refractivity contribution in [1.82, 2.24) is 34.7 Å². The van der Waals surface area contributed by atoms with Gasteiger partial charge in [0.1, 0.15) is 0 Å². The van der Waals surface area contributed by atoms with E-state index in [-0.39, 0.29) is 18.2 Å². The molecule has 0 saturated carbocycles. The van der Waals surface area contributed by atoms with Gasteiger partial charge in [0.05, 0.1) is 6.42 Å². The quantitative estimate of drug-likeness (QED) is 0.523. The lowest BCUT2D eigenvalue weighted by Crippen LogP contribution is -2.47. The van der Waals surface area contributed by atoms with Crippen LogP contribution in [-0.4, -0.2) is 91.7 Å². The van der Waals surface area contributed by atoms with Crippen LogP contribution in [0.25, 0.3) is 5.78 Å². The summed E-state index contributed by atoms with van der Waals surface area (Å²) in [4.78, 5) is 46.1. The first-order valence-corrected chi connectivity index (χ1v) is 10.8. The van der Waals surface area contributed by atoms with Gasteiger partial charge in [0.25, 0.3) is 11.7 Å². The second-order valence-corrected chi connectivity index (χ2v) is 7.94. The lowest BCUT2D eigenvalue weighted by Gasteiger charge is -2.32. The number of hydrogen-bond donors (Lipinski definition) is 2. The maximum Gasteiger partial charge on any atom is 0.490 e. The number of aliphatic carboxylic acids is 1. The van der Waals surface area contributed by atoms with Gasteiger partial charge in [0.2, 0.25) is 5.91 Å². The Hall–Kier alpha value is -4.07. The lowest BCUT2D eigenvalue weighted by molar-refractivity contribution is -0.192. The molecular weight excluding hydrogens is 483 g/mol. The molecule has 1 fully saturated rings. The molecule has 3 aromatic rings. The number of nitrogens with zero attached hydrogens (tertiary/aromatic N) is 6. The SMILES string of the molecule is CN1CCN(C(=O)c2ccc(CNC(=O)Cc3nc4ncccn4n3)cc2)CC1.O=C(O)C(F)(F)F. The standard InChI is InChI=1S/C20H23N7O2.C2HF3O2/c1-25-9-11-26(12-10-25)19(29)16-5-3-15(4-6-16)14-22-18(28)13-17-23-20-21-7-2-8-27(20)24-17;3-2(4,5)1(6)7/h2-8H,9-14H2,1H3,(H,22,28);(H,6,7). The van der Waals surface area contributed by atoms with Crippen LogP contribution in [0, 0.1) is 0 Å². The van der Waals surface area contributed by atoms with E-state index in [9.17, 15) is 22.8 Å². The Bertz CT molecular complexity index is 1170. The molecule has 2 N–H and O–H groups in total. The maximum absolute atomic E-state index is 12.6. The van der Waals surface area contributed by atoms with E-state index < -0.39 is 12.1 Å². The molecule has 3 heterocycles. The smallest absolute Gasteiger partial charge is 0.475 e. The highest BCUT2D eigenvalue weighted by Crippen LogP contribution is 2.13. The number of carbonyl (C=O) groups excluding carboxylic acids is 2. The normalized spacial score (nSPS) is 14.2. The van der Waals surface area contributed by atoms with Crippen molar-refractivity contribution in [3.8, 4) is 0 Å². The zero-order valence-electron chi connectivity index (χ0n) is 19.3. The molecule has 0 bridgehead atoms. The zero-order chi connectivity index (χ0) is 26.3. The minimum Gasteiger partial charge on any atom is -0.475 e. The van der Waals surface area contributed by atoms with E-state index in [4.69, 9.17) is 9.90 Å². The topological polar surface area (TPSA) is 133 Å². The number of benzene rings is 1.